The second-order valence-corrected chi connectivity index (χ2v) is 7.75. The van der Waals surface area contributed by atoms with Crippen LogP contribution in [-0.4, -0.2) is 15.0 Å². The summed E-state index contributed by atoms with van der Waals surface area (Å²) in [4.78, 5) is 12.3. The zero-order valence-corrected chi connectivity index (χ0v) is 19.6. The van der Waals surface area contributed by atoms with Crippen LogP contribution in [0, 0.1) is 0 Å². The first-order valence-corrected chi connectivity index (χ1v) is 11.2. The molecule has 0 aliphatic carbocycles. The summed E-state index contributed by atoms with van der Waals surface area (Å²) in [6.07, 6.45) is 12.8. The minimum Gasteiger partial charge on any atom is -0.265 e. The third-order valence-corrected chi connectivity index (χ3v) is 5.56. The van der Waals surface area contributed by atoms with Gasteiger partial charge in [0.05, 0.1) is 0 Å². The number of rotatable bonds is 6. The Bertz CT molecular complexity index is 652. The Kier molecular flexibility index (Phi) is 13.0. The van der Waals surface area contributed by atoms with Gasteiger partial charge >= 0.3 is 0 Å². The van der Waals surface area contributed by atoms with Crippen molar-refractivity contribution in [2.45, 2.75) is 78.6 Å². The Morgan fingerprint density at radius 3 is 1.73 bits per heavy atom. The predicted octanol–water partition coefficient (Wildman–Crippen LogP) is 7.79. The van der Waals surface area contributed by atoms with Gasteiger partial charge in [-0.05, 0) is 78.5 Å². The molecule has 162 valence electrons. The van der Waals surface area contributed by atoms with Crippen molar-refractivity contribution in [1.29, 1.82) is 0 Å². The van der Waals surface area contributed by atoms with E-state index in [-0.39, 0.29) is 0 Å². The molecule has 0 N–H and O–H groups in total. The molecule has 3 nitrogen and oxygen atoms in total. The molecule has 0 spiro atoms. The zero-order chi connectivity index (χ0) is 22.2. The smallest absolute Gasteiger partial charge is 0.0431 e. The molecule has 3 rings (SSSR count). The zero-order valence-electron chi connectivity index (χ0n) is 19.6. The van der Waals surface area contributed by atoms with E-state index >= 15 is 0 Å². The van der Waals surface area contributed by atoms with Crippen molar-refractivity contribution >= 4 is 0 Å². The van der Waals surface area contributed by atoms with Crippen molar-refractivity contribution in [3.05, 3.63) is 90.3 Å². The molecule has 3 aromatic heterocycles. The Morgan fingerprint density at radius 1 is 0.600 bits per heavy atom. The van der Waals surface area contributed by atoms with Crippen LogP contribution < -0.4 is 0 Å². The van der Waals surface area contributed by atoms with E-state index < -0.39 is 0 Å². The summed E-state index contributed by atoms with van der Waals surface area (Å²) >= 11 is 0. The van der Waals surface area contributed by atoms with Crippen LogP contribution >= 0.6 is 0 Å². The van der Waals surface area contributed by atoms with Crippen molar-refractivity contribution in [2.75, 3.05) is 0 Å². The lowest BCUT2D eigenvalue weighted by Crippen LogP contribution is -1.93. The number of pyridine rings is 3. The first-order valence-electron chi connectivity index (χ1n) is 11.2. The third kappa shape index (κ3) is 9.78. The van der Waals surface area contributed by atoms with Gasteiger partial charge in [-0.15, -0.1) is 0 Å². The summed E-state index contributed by atoms with van der Waals surface area (Å²) in [7, 11) is 0. The van der Waals surface area contributed by atoms with Crippen molar-refractivity contribution < 1.29 is 0 Å². The van der Waals surface area contributed by atoms with Gasteiger partial charge in [0.2, 0.25) is 0 Å². The molecule has 3 heterocycles. The normalized spacial score (nSPS) is 13.0. The Hall–Kier alpha value is -2.55. The van der Waals surface area contributed by atoms with Crippen molar-refractivity contribution in [3.8, 4) is 0 Å². The van der Waals surface area contributed by atoms with E-state index in [0.717, 1.165) is 6.42 Å². The predicted molar refractivity (Wildman–Crippen MR) is 129 cm³/mol. The standard InChI is InChI=1S/3C9H13N/c1-3-8(2)9-4-6-10-7-5-9;1-3-8(2)9-5-4-6-10-7-9;1-3-8(2)9-6-4-5-7-10-9/h3*4-8H,3H2,1-2H3. The van der Waals surface area contributed by atoms with Gasteiger partial charge in [0.15, 0.2) is 0 Å². The van der Waals surface area contributed by atoms with E-state index in [2.05, 4.69) is 80.8 Å². The van der Waals surface area contributed by atoms with E-state index in [1.165, 1.54) is 29.7 Å². The van der Waals surface area contributed by atoms with E-state index in [9.17, 15) is 0 Å². The van der Waals surface area contributed by atoms with Gasteiger partial charge in [-0.2, -0.15) is 0 Å². The van der Waals surface area contributed by atoms with Crippen LogP contribution in [0.3, 0.4) is 0 Å². The van der Waals surface area contributed by atoms with Gasteiger partial charge in [0.25, 0.3) is 0 Å². The molecule has 3 aromatic rings. The molecule has 3 heteroatoms. The van der Waals surface area contributed by atoms with Crippen LogP contribution in [0.15, 0.2) is 73.4 Å². The van der Waals surface area contributed by atoms with E-state index in [1.54, 1.807) is 0 Å². The molecule has 0 aliphatic heterocycles. The lowest BCUT2D eigenvalue weighted by Gasteiger charge is -2.06. The van der Waals surface area contributed by atoms with E-state index in [4.69, 9.17) is 0 Å². The van der Waals surface area contributed by atoms with Gasteiger partial charge in [0.1, 0.15) is 0 Å². The molecular formula is C27H39N3. The van der Waals surface area contributed by atoms with E-state index in [1.807, 2.05) is 49.2 Å². The van der Waals surface area contributed by atoms with Crippen LogP contribution in [0.4, 0.5) is 0 Å². The average Bonchev–Trinajstić information content (AvgIpc) is 2.85. The van der Waals surface area contributed by atoms with Crippen LogP contribution in [0.2, 0.25) is 0 Å². The maximum absolute atomic E-state index is 4.25. The Morgan fingerprint density at radius 2 is 1.23 bits per heavy atom. The first kappa shape index (κ1) is 25.5. The molecule has 0 aliphatic rings. The minimum atomic E-state index is 0.598. The molecule has 0 bridgehead atoms. The van der Waals surface area contributed by atoms with Gasteiger partial charge in [-0.25, -0.2) is 0 Å². The molecule has 0 saturated carbocycles. The summed E-state index contributed by atoms with van der Waals surface area (Å²) in [5.41, 5.74) is 3.92. The average molecular weight is 406 g/mol. The summed E-state index contributed by atoms with van der Waals surface area (Å²) in [5.74, 6) is 1.91. The first-order chi connectivity index (χ1) is 14.5. The highest BCUT2D eigenvalue weighted by Gasteiger charge is 2.01. The fourth-order valence-corrected chi connectivity index (χ4v) is 2.71. The van der Waals surface area contributed by atoms with Crippen LogP contribution in [0.5, 0.6) is 0 Å². The van der Waals surface area contributed by atoms with Crippen LogP contribution in [0.1, 0.15) is 95.4 Å². The molecule has 3 unspecified atom stereocenters. The fourth-order valence-electron chi connectivity index (χ4n) is 2.71. The molecular weight excluding hydrogens is 366 g/mol. The monoisotopic (exact) mass is 405 g/mol. The maximum Gasteiger partial charge on any atom is 0.0431 e. The van der Waals surface area contributed by atoms with Crippen molar-refractivity contribution in [3.63, 3.8) is 0 Å². The molecule has 3 atom stereocenters. The number of hydrogen-bond donors (Lipinski definition) is 0. The van der Waals surface area contributed by atoms with Crippen molar-refractivity contribution in [1.82, 2.24) is 15.0 Å². The molecule has 0 fully saturated rings. The molecule has 0 aromatic carbocycles. The minimum absolute atomic E-state index is 0.598. The number of aromatic nitrogens is 3. The fraction of sp³-hybridized carbons (Fsp3) is 0.444. The SMILES string of the molecule is CCC(C)c1ccccn1.CCC(C)c1cccnc1.CCC(C)c1ccncc1. The molecule has 30 heavy (non-hydrogen) atoms. The highest BCUT2D eigenvalue weighted by molar-refractivity contribution is 5.14. The van der Waals surface area contributed by atoms with E-state index in [0.29, 0.717) is 17.8 Å². The van der Waals surface area contributed by atoms with Gasteiger partial charge in [0, 0.05) is 36.7 Å². The third-order valence-electron chi connectivity index (χ3n) is 5.56. The second kappa shape index (κ2) is 15.3. The van der Waals surface area contributed by atoms with Crippen LogP contribution in [-0.2, 0) is 0 Å². The number of hydrogen-bond acceptors (Lipinski definition) is 3. The highest BCUT2D eigenvalue weighted by Crippen LogP contribution is 2.17. The molecule has 0 saturated heterocycles. The maximum atomic E-state index is 4.25. The van der Waals surface area contributed by atoms with Gasteiger partial charge in [-0.1, -0.05) is 53.7 Å². The van der Waals surface area contributed by atoms with Gasteiger partial charge in [-0.3, -0.25) is 15.0 Å². The summed E-state index contributed by atoms with van der Waals surface area (Å²) in [6.45, 7) is 13.2. The quantitative estimate of drug-likeness (QED) is 0.420. The summed E-state index contributed by atoms with van der Waals surface area (Å²) in [6, 6.07) is 14.3. The molecule has 0 radical (unpaired) electrons. The Balaban J connectivity index is 0.000000225. The lowest BCUT2D eigenvalue weighted by molar-refractivity contribution is 0.708. The topological polar surface area (TPSA) is 38.7 Å². The second-order valence-electron chi connectivity index (χ2n) is 7.75. The lowest BCUT2D eigenvalue weighted by atomic mass is 10.0. The van der Waals surface area contributed by atoms with Crippen molar-refractivity contribution in [2.24, 2.45) is 0 Å². The Labute approximate surface area is 184 Å². The number of nitrogens with zero attached hydrogens (tertiary/aromatic N) is 3. The summed E-state index contributed by atoms with van der Waals surface area (Å²) in [5, 5.41) is 0. The molecule has 0 amide bonds. The van der Waals surface area contributed by atoms with Crippen LogP contribution in [0.25, 0.3) is 0 Å². The van der Waals surface area contributed by atoms with Gasteiger partial charge < -0.3 is 0 Å². The largest absolute Gasteiger partial charge is 0.265 e. The summed E-state index contributed by atoms with van der Waals surface area (Å²) < 4.78 is 0. The highest BCUT2D eigenvalue weighted by atomic mass is 14.7.